The van der Waals surface area contributed by atoms with E-state index in [1.54, 1.807) is 23.1 Å². The molecule has 1 amide bonds. The van der Waals surface area contributed by atoms with Gasteiger partial charge in [0.05, 0.1) is 30.8 Å². The Kier molecular flexibility index (Phi) is 5.56. The van der Waals surface area contributed by atoms with E-state index in [-0.39, 0.29) is 12.2 Å². The number of carbonyl (C=O) groups excluding carboxylic acids is 2. The molecule has 1 aromatic carbocycles. The zero-order valence-electron chi connectivity index (χ0n) is 19.5. The minimum atomic E-state index is -0.775. The molecule has 33 heavy (non-hydrogen) atoms. The molecule has 9 nitrogen and oxygen atoms in total. The van der Waals surface area contributed by atoms with Gasteiger partial charge in [-0.1, -0.05) is 6.07 Å². The van der Waals surface area contributed by atoms with Gasteiger partial charge in [0, 0.05) is 19.4 Å². The number of ether oxygens (including phenoxy) is 3. The summed E-state index contributed by atoms with van der Waals surface area (Å²) in [5, 5.41) is 16.3. The van der Waals surface area contributed by atoms with Gasteiger partial charge in [-0.3, -0.25) is 9.89 Å². The molecule has 1 N–H and O–H groups in total. The quantitative estimate of drug-likeness (QED) is 0.729. The molecule has 2 atom stereocenters. The maximum absolute atomic E-state index is 13.1. The van der Waals surface area contributed by atoms with Crippen LogP contribution >= 0.6 is 0 Å². The molecule has 0 radical (unpaired) electrons. The van der Waals surface area contributed by atoms with Crippen LogP contribution in [-0.2, 0) is 4.74 Å². The summed E-state index contributed by atoms with van der Waals surface area (Å²) in [5.74, 6) is 0.822. The summed E-state index contributed by atoms with van der Waals surface area (Å²) in [6.45, 7) is 7.63. The van der Waals surface area contributed by atoms with Crippen molar-refractivity contribution in [2.45, 2.75) is 64.2 Å². The molecule has 2 unspecified atom stereocenters. The number of aryl methyl sites for hydroxylation is 1. The number of ketones is 1. The molecule has 1 fully saturated rings. The maximum Gasteiger partial charge on any atom is 0.410 e. The average Bonchev–Trinajstić information content (AvgIpc) is 3.12. The molecule has 0 saturated carbocycles. The van der Waals surface area contributed by atoms with Crippen LogP contribution < -0.4 is 9.47 Å². The number of likely N-dealkylation sites (tertiary alicyclic amines) is 1. The van der Waals surface area contributed by atoms with E-state index < -0.39 is 23.3 Å². The minimum absolute atomic E-state index is 0.0810. The number of amides is 1. The number of hydrogen-bond acceptors (Lipinski definition) is 7. The van der Waals surface area contributed by atoms with Crippen LogP contribution in [0.4, 0.5) is 4.79 Å². The number of piperidine rings is 1. The Morgan fingerprint density at radius 1 is 1.39 bits per heavy atom. The first-order chi connectivity index (χ1) is 15.6. The Bertz CT molecular complexity index is 1140. The highest BCUT2D eigenvalue weighted by Gasteiger charge is 2.49. The molecule has 0 bridgehead atoms. The molecule has 0 aliphatic carbocycles. The second kappa shape index (κ2) is 8.10. The summed E-state index contributed by atoms with van der Waals surface area (Å²) < 4.78 is 17.5. The smallest absolute Gasteiger partial charge is 0.410 e. The summed E-state index contributed by atoms with van der Waals surface area (Å²) >= 11 is 0. The zero-order chi connectivity index (χ0) is 24.0. The standard InChI is InChI=1S/C24H28N4O5/c1-14-21-20(27-26-14)18(29)12-24(32-21)8-9-28(22(30)33-23(2,3)4)17(11-24)15-6-7-16(13-25)19(10-15)31-5/h6-7,10,17H,8-9,11-12H2,1-5H3,(H,26,27). The van der Waals surface area contributed by atoms with Crippen LogP contribution in [-0.4, -0.2) is 51.8 Å². The van der Waals surface area contributed by atoms with Crippen LogP contribution in [0.15, 0.2) is 18.2 Å². The number of nitrogens with zero attached hydrogens (tertiary/aromatic N) is 3. The number of aromatic amines is 1. The first-order valence-electron chi connectivity index (χ1n) is 10.9. The van der Waals surface area contributed by atoms with Crippen LogP contribution in [0.5, 0.6) is 11.5 Å². The Morgan fingerprint density at radius 2 is 2.15 bits per heavy atom. The molecule has 2 aromatic rings. The predicted octanol–water partition coefficient (Wildman–Crippen LogP) is 4.07. The Balaban J connectivity index is 1.73. The number of H-pyrrole nitrogens is 1. The van der Waals surface area contributed by atoms with Crippen LogP contribution in [0.25, 0.3) is 0 Å². The van der Waals surface area contributed by atoms with E-state index in [0.29, 0.717) is 47.8 Å². The number of benzene rings is 1. The SMILES string of the molecule is COc1cc(C2CC3(CCN2C(=O)OC(C)(C)C)CC(=O)c2n[nH]c(C)c2O3)ccc1C#N. The minimum Gasteiger partial charge on any atom is -0.495 e. The fourth-order valence-corrected chi connectivity index (χ4v) is 4.50. The van der Waals surface area contributed by atoms with Crippen molar-refractivity contribution in [1.29, 1.82) is 5.26 Å². The molecule has 4 rings (SSSR count). The lowest BCUT2D eigenvalue weighted by Gasteiger charge is -2.47. The van der Waals surface area contributed by atoms with E-state index in [2.05, 4.69) is 16.3 Å². The largest absolute Gasteiger partial charge is 0.495 e. The number of fused-ring (bicyclic) bond motifs is 1. The van der Waals surface area contributed by atoms with E-state index in [9.17, 15) is 14.9 Å². The number of methoxy groups -OCH3 is 1. The van der Waals surface area contributed by atoms with Gasteiger partial charge in [-0.25, -0.2) is 4.79 Å². The van der Waals surface area contributed by atoms with E-state index in [1.165, 1.54) is 7.11 Å². The molecule has 2 aliphatic rings. The molecule has 1 aromatic heterocycles. The van der Waals surface area contributed by atoms with Gasteiger partial charge in [-0.15, -0.1) is 0 Å². The van der Waals surface area contributed by atoms with Crippen molar-refractivity contribution in [3.05, 3.63) is 40.7 Å². The van der Waals surface area contributed by atoms with Crippen LogP contribution in [0.1, 0.15) is 73.4 Å². The van der Waals surface area contributed by atoms with Gasteiger partial charge in [0.2, 0.25) is 0 Å². The van der Waals surface area contributed by atoms with E-state index >= 15 is 0 Å². The van der Waals surface area contributed by atoms with Crippen molar-refractivity contribution in [2.24, 2.45) is 0 Å². The van der Waals surface area contributed by atoms with Gasteiger partial charge in [0.1, 0.15) is 23.0 Å². The second-order valence-corrected chi connectivity index (χ2v) is 9.63. The van der Waals surface area contributed by atoms with Gasteiger partial charge in [-0.2, -0.15) is 10.4 Å². The number of aromatic nitrogens is 2. The van der Waals surface area contributed by atoms with E-state index in [1.807, 2.05) is 27.7 Å². The molecule has 1 spiro atoms. The van der Waals surface area contributed by atoms with Crippen LogP contribution in [0, 0.1) is 18.3 Å². The Labute approximate surface area is 192 Å². The Hall–Kier alpha value is -3.54. The molecule has 3 heterocycles. The first-order valence-corrected chi connectivity index (χ1v) is 10.9. The average molecular weight is 453 g/mol. The molecule has 9 heteroatoms. The lowest BCUT2D eigenvalue weighted by atomic mass is 9.78. The molecule has 174 valence electrons. The van der Waals surface area contributed by atoms with Crippen LogP contribution in [0.3, 0.4) is 0 Å². The topological polar surface area (TPSA) is 118 Å². The van der Waals surface area contributed by atoms with Gasteiger partial charge in [0.25, 0.3) is 0 Å². The van der Waals surface area contributed by atoms with Gasteiger partial charge in [0.15, 0.2) is 17.2 Å². The van der Waals surface area contributed by atoms with E-state index in [4.69, 9.17) is 14.2 Å². The maximum atomic E-state index is 13.1. The van der Waals surface area contributed by atoms with Crippen molar-refractivity contribution in [2.75, 3.05) is 13.7 Å². The van der Waals surface area contributed by atoms with Crippen molar-refractivity contribution in [3.8, 4) is 17.6 Å². The molecular weight excluding hydrogens is 424 g/mol. The highest BCUT2D eigenvalue weighted by Crippen LogP contribution is 2.46. The first kappa shape index (κ1) is 22.6. The van der Waals surface area contributed by atoms with Crippen molar-refractivity contribution in [1.82, 2.24) is 15.1 Å². The number of Topliss-reactive ketones (excluding diaryl/α,β-unsaturated/α-hetero) is 1. The predicted molar refractivity (Wildman–Crippen MR) is 118 cm³/mol. The fourth-order valence-electron chi connectivity index (χ4n) is 4.50. The molecular formula is C24H28N4O5. The van der Waals surface area contributed by atoms with Crippen molar-refractivity contribution >= 4 is 11.9 Å². The van der Waals surface area contributed by atoms with Crippen LogP contribution in [0.2, 0.25) is 0 Å². The monoisotopic (exact) mass is 452 g/mol. The number of carbonyl (C=O) groups is 2. The second-order valence-electron chi connectivity index (χ2n) is 9.63. The van der Waals surface area contributed by atoms with Crippen molar-refractivity contribution in [3.63, 3.8) is 0 Å². The highest BCUT2D eigenvalue weighted by atomic mass is 16.6. The van der Waals surface area contributed by atoms with E-state index in [0.717, 1.165) is 5.56 Å². The summed E-state index contributed by atoms with van der Waals surface area (Å²) in [7, 11) is 1.50. The molecule has 2 aliphatic heterocycles. The third-order valence-corrected chi connectivity index (χ3v) is 6.07. The number of nitriles is 1. The third-order valence-electron chi connectivity index (χ3n) is 6.07. The summed E-state index contributed by atoms with van der Waals surface area (Å²) in [6.07, 6.45) is 0.604. The Morgan fingerprint density at radius 3 is 2.82 bits per heavy atom. The zero-order valence-corrected chi connectivity index (χ0v) is 19.5. The number of rotatable bonds is 2. The highest BCUT2D eigenvalue weighted by molar-refractivity contribution is 5.98. The summed E-state index contributed by atoms with van der Waals surface area (Å²) in [6, 6.07) is 6.92. The molecule has 1 saturated heterocycles. The lowest BCUT2D eigenvalue weighted by molar-refractivity contribution is -0.0454. The number of nitrogens with one attached hydrogen (secondary N) is 1. The fraction of sp³-hybridized carbons (Fsp3) is 0.500. The lowest BCUT2D eigenvalue weighted by Crippen LogP contribution is -2.54. The normalized spacial score (nSPS) is 22.4. The van der Waals surface area contributed by atoms with Gasteiger partial charge < -0.3 is 19.1 Å². The number of hydrogen-bond donors (Lipinski definition) is 1. The third kappa shape index (κ3) is 4.25. The van der Waals surface area contributed by atoms with Gasteiger partial charge >= 0.3 is 6.09 Å². The van der Waals surface area contributed by atoms with Gasteiger partial charge in [-0.05, 0) is 45.4 Å². The van der Waals surface area contributed by atoms with Crippen molar-refractivity contribution < 1.29 is 23.8 Å². The summed E-state index contributed by atoms with van der Waals surface area (Å²) in [4.78, 5) is 27.7. The summed E-state index contributed by atoms with van der Waals surface area (Å²) in [5.41, 5.74) is 0.773.